The van der Waals surface area contributed by atoms with Gasteiger partial charge in [0.25, 0.3) is 0 Å². The van der Waals surface area contributed by atoms with Crippen LogP contribution in [0.4, 0.5) is 8.78 Å². The minimum atomic E-state index is -4.30. The van der Waals surface area contributed by atoms with Gasteiger partial charge in [-0.3, -0.25) is 0 Å². The Morgan fingerprint density at radius 1 is 1.14 bits per heavy atom. The zero-order chi connectivity index (χ0) is 16.5. The fraction of sp³-hybridized carbons (Fsp3) is 0.455. The fourth-order valence-corrected chi connectivity index (χ4v) is 3.95. The third-order valence-electron chi connectivity index (χ3n) is 2.35. The predicted molar refractivity (Wildman–Crippen MR) is 73.6 cm³/mol. The maximum absolute atomic E-state index is 13.5. The lowest BCUT2D eigenvalue weighted by Gasteiger charge is -2.25. The summed E-state index contributed by atoms with van der Waals surface area (Å²) in [5.74, 6) is -2.00. The van der Waals surface area contributed by atoms with E-state index in [-0.39, 0.29) is 6.54 Å². The van der Waals surface area contributed by atoms with Gasteiger partial charge in [0.15, 0.2) is 0 Å². The molecule has 0 amide bonds. The molecule has 0 heterocycles. The average molecular weight is 342 g/mol. The molecule has 21 heavy (non-hydrogen) atoms. The molecule has 0 spiro atoms. The maximum atomic E-state index is 13.5. The highest BCUT2D eigenvalue weighted by molar-refractivity contribution is 7.89. The molecule has 10 heteroatoms. The lowest BCUT2D eigenvalue weighted by Crippen LogP contribution is -2.51. The number of rotatable bonds is 6. The van der Waals surface area contributed by atoms with Gasteiger partial charge in [0.2, 0.25) is 20.0 Å². The molecule has 2 N–H and O–H groups in total. The normalized spacial score (nSPS) is 13.4. The Morgan fingerprint density at radius 3 is 2.24 bits per heavy atom. The maximum Gasteiger partial charge on any atom is 0.243 e. The van der Waals surface area contributed by atoms with Gasteiger partial charge in [0.1, 0.15) is 16.5 Å². The summed E-state index contributed by atoms with van der Waals surface area (Å²) in [6.07, 6.45) is 0.926. The van der Waals surface area contributed by atoms with Crippen LogP contribution < -0.4 is 9.44 Å². The van der Waals surface area contributed by atoms with Gasteiger partial charge >= 0.3 is 0 Å². The number of halogens is 2. The lowest BCUT2D eigenvalue weighted by molar-refractivity contribution is 0.444. The third kappa shape index (κ3) is 5.65. The number of hydrogen-bond acceptors (Lipinski definition) is 4. The molecule has 0 aliphatic rings. The molecule has 0 bridgehead atoms. The first-order valence-electron chi connectivity index (χ1n) is 5.76. The van der Waals surface area contributed by atoms with Crippen molar-refractivity contribution in [2.24, 2.45) is 0 Å². The van der Waals surface area contributed by atoms with E-state index in [0.29, 0.717) is 12.1 Å². The predicted octanol–water partition coefficient (Wildman–Crippen LogP) is 0.571. The van der Waals surface area contributed by atoms with E-state index < -0.39 is 42.1 Å². The summed E-state index contributed by atoms with van der Waals surface area (Å²) in [6, 6.07) is 2.04. The largest absolute Gasteiger partial charge is 0.243 e. The molecule has 0 aliphatic heterocycles. The van der Waals surface area contributed by atoms with Crippen molar-refractivity contribution in [3.63, 3.8) is 0 Å². The Balaban J connectivity index is 2.94. The van der Waals surface area contributed by atoms with Crippen molar-refractivity contribution in [2.45, 2.75) is 24.3 Å². The van der Waals surface area contributed by atoms with Gasteiger partial charge in [-0.05, 0) is 32.0 Å². The Bertz CT molecular complexity index is 731. The topological polar surface area (TPSA) is 92.3 Å². The molecule has 0 atom stereocenters. The van der Waals surface area contributed by atoms with Crippen LogP contribution in [0, 0.1) is 11.6 Å². The Hall–Kier alpha value is -1.10. The SMILES string of the molecule is CC(C)(CNS(=O)(=O)c1cc(F)ccc1F)NS(C)(=O)=O. The molecular weight excluding hydrogens is 326 g/mol. The second-order valence-electron chi connectivity index (χ2n) is 5.16. The molecule has 0 saturated carbocycles. The minimum Gasteiger partial charge on any atom is -0.213 e. The first kappa shape index (κ1) is 18.0. The fourth-order valence-electron chi connectivity index (χ4n) is 1.57. The van der Waals surface area contributed by atoms with Gasteiger partial charge in [0, 0.05) is 12.1 Å². The smallest absolute Gasteiger partial charge is 0.213 e. The second-order valence-corrected chi connectivity index (χ2v) is 8.64. The van der Waals surface area contributed by atoms with Gasteiger partial charge in [-0.2, -0.15) is 0 Å². The van der Waals surface area contributed by atoms with Crippen LogP contribution in [-0.2, 0) is 20.0 Å². The standard InChI is InChI=1S/C11H16F2N2O4S2/c1-11(2,15-20(3,16)17)7-14-21(18,19)10-6-8(12)4-5-9(10)13/h4-6,14-15H,7H2,1-3H3. The average Bonchev–Trinajstić information content (AvgIpc) is 2.27. The van der Waals surface area contributed by atoms with Crippen LogP contribution >= 0.6 is 0 Å². The molecule has 0 radical (unpaired) electrons. The van der Waals surface area contributed by atoms with Gasteiger partial charge in [-0.1, -0.05) is 0 Å². The summed E-state index contributed by atoms with van der Waals surface area (Å²) in [5, 5.41) is 0. The lowest BCUT2D eigenvalue weighted by atomic mass is 10.1. The number of hydrogen-bond donors (Lipinski definition) is 2. The summed E-state index contributed by atoms with van der Waals surface area (Å²) in [6.45, 7) is 2.55. The molecule has 6 nitrogen and oxygen atoms in total. The minimum absolute atomic E-state index is 0.335. The number of nitrogens with one attached hydrogen (secondary N) is 2. The van der Waals surface area contributed by atoms with Crippen LogP contribution in [0.25, 0.3) is 0 Å². The summed E-state index contributed by atoms with van der Waals surface area (Å²) < 4.78 is 76.9. The van der Waals surface area contributed by atoms with Crippen molar-refractivity contribution in [1.82, 2.24) is 9.44 Å². The van der Waals surface area contributed by atoms with Crippen LogP contribution in [0.5, 0.6) is 0 Å². The molecule has 0 unspecified atom stereocenters. The highest BCUT2D eigenvalue weighted by Crippen LogP contribution is 2.16. The van der Waals surface area contributed by atoms with Crippen molar-refractivity contribution in [2.75, 3.05) is 12.8 Å². The van der Waals surface area contributed by atoms with Crippen LogP contribution in [0.3, 0.4) is 0 Å². The first-order valence-corrected chi connectivity index (χ1v) is 9.13. The van der Waals surface area contributed by atoms with Crippen molar-refractivity contribution in [1.29, 1.82) is 0 Å². The molecule has 0 saturated heterocycles. The molecule has 1 aromatic carbocycles. The van der Waals surface area contributed by atoms with Gasteiger partial charge in [-0.15, -0.1) is 0 Å². The highest BCUT2D eigenvalue weighted by Gasteiger charge is 2.26. The number of benzene rings is 1. The summed E-state index contributed by atoms with van der Waals surface area (Å²) in [7, 11) is -7.85. The third-order valence-corrected chi connectivity index (χ3v) is 4.69. The van der Waals surface area contributed by atoms with E-state index in [1.165, 1.54) is 13.8 Å². The van der Waals surface area contributed by atoms with Crippen LogP contribution in [0.15, 0.2) is 23.1 Å². The highest BCUT2D eigenvalue weighted by atomic mass is 32.2. The van der Waals surface area contributed by atoms with Gasteiger partial charge in [-0.25, -0.2) is 35.1 Å². The van der Waals surface area contributed by atoms with E-state index in [0.717, 1.165) is 12.3 Å². The second kappa shape index (κ2) is 5.95. The monoisotopic (exact) mass is 342 g/mol. The Morgan fingerprint density at radius 2 is 1.71 bits per heavy atom. The summed E-state index contributed by atoms with van der Waals surface area (Å²) >= 11 is 0. The Kier molecular flexibility index (Phi) is 5.09. The molecule has 1 aromatic rings. The van der Waals surface area contributed by atoms with Crippen LogP contribution in [0.2, 0.25) is 0 Å². The molecular formula is C11H16F2N2O4S2. The quantitative estimate of drug-likeness (QED) is 0.791. The van der Waals surface area contributed by atoms with E-state index in [9.17, 15) is 25.6 Å². The zero-order valence-electron chi connectivity index (χ0n) is 11.6. The Labute approximate surface area is 122 Å². The zero-order valence-corrected chi connectivity index (χ0v) is 13.3. The van der Waals surface area contributed by atoms with E-state index in [1.807, 2.05) is 4.72 Å². The van der Waals surface area contributed by atoms with Gasteiger partial charge in [0.05, 0.1) is 6.26 Å². The van der Waals surface area contributed by atoms with E-state index in [1.54, 1.807) is 0 Å². The van der Waals surface area contributed by atoms with E-state index in [4.69, 9.17) is 0 Å². The molecule has 0 aliphatic carbocycles. The molecule has 1 rings (SSSR count). The molecule has 0 fully saturated rings. The summed E-state index contributed by atoms with van der Waals surface area (Å²) in [5.41, 5.74) is -1.13. The van der Waals surface area contributed by atoms with Gasteiger partial charge < -0.3 is 0 Å². The van der Waals surface area contributed by atoms with Crippen molar-refractivity contribution in [3.8, 4) is 0 Å². The van der Waals surface area contributed by atoms with Crippen molar-refractivity contribution in [3.05, 3.63) is 29.8 Å². The first-order chi connectivity index (χ1) is 9.32. The van der Waals surface area contributed by atoms with Crippen molar-refractivity contribution >= 4 is 20.0 Å². The molecule has 0 aromatic heterocycles. The number of sulfonamides is 2. The molecule has 120 valence electrons. The van der Waals surface area contributed by atoms with Crippen LogP contribution in [-0.4, -0.2) is 35.2 Å². The summed E-state index contributed by atoms with van der Waals surface area (Å²) in [4.78, 5) is -0.836. The van der Waals surface area contributed by atoms with Crippen molar-refractivity contribution < 1.29 is 25.6 Å². The van der Waals surface area contributed by atoms with E-state index >= 15 is 0 Å². The van der Waals surface area contributed by atoms with E-state index in [2.05, 4.69) is 4.72 Å². The van der Waals surface area contributed by atoms with Crippen LogP contribution in [0.1, 0.15) is 13.8 Å².